The molecule has 2 atom stereocenters. The SMILES string of the molecule is CC1(C)CC1C(OC=O)C(Cl)Cl. The van der Waals surface area contributed by atoms with Crippen LogP contribution in [0.1, 0.15) is 20.3 Å². The van der Waals surface area contributed by atoms with E-state index in [2.05, 4.69) is 13.8 Å². The molecule has 2 nitrogen and oxygen atoms in total. The Morgan fingerprint density at radius 1 is 1.58 bits per heavy atom. The standard InChI is InChI=1S/C8H12Cl2O2/c1-8(2)3-5(8)6(7(9)10)12-4-11/h4-7H,3H2,1-2H3. The van der Waals surface area contributed by atoms with Crippen LogP contribution in [0, 0.1) is 11.3 Å². The van der Waals surface area contributed by atoms with Crippen LogP contribution in [0.3, 0.4) is 0 Å². The number of alkyl halides is 2. The van der Waals surface area contributed by atoms with E-state index in [1.807, 2.05) is 0 Å². The lowest BCUT2D eigenvalue weighted by atomic mass is 10.1. The van der Waals surface area contributed by atoms with E-state index in [1.165, 1.54) is 0 Å². The molecule has 0 spiro atoms. The lowest BCUT2D eigenvalue weighted by Crippen LogP contribution is -2.24. The monoisotopic (exact) mass is 210 g/mol. The number of hydrogen-bond acceptors (Lipinski definition) is 2. The van der Waals surface area contributed by atoms with Crippen molar-refractivity contribution in [3.63, 3.8) is 0 Å². The third kappa shape index (κ3) is 2.05. The van der Waals surface area contributed by atoms with Crippen LogP contribution >= 0.6 is 23.2 Å². The van der Waals surface area contributed by atoms with Gasteiger partial charge in [-0.2, -0.15) is 0 Å². The number of carbonyl (C=O) groups excluding carboxylic acids is 1. The summed E-state index contributed by atoms with van der Waals surface area (Å²) in [5, 5.41) is 0. The summed E-state index contributed by atoms with van der Waals surface area (Å²) < 4.78 is 4.82. The molecule has 0 amide bonds. The van der Waals surface area contributed by atoms with Crippen LogP contribution in [0.2, 0.25) is 0 Å². The Bertz CT molecular complexity index is 180. The zero-order valence-corrected chi connectivity index (χ0v) is 8.60. The smallest absolute Gasteiger partial charge is 0.293 e. The maximum atomic E-state index is 10.1. The van der Waals surface area contributed by atoms with Gasteiger partial charge in [-0.25, -0.2) is 0 Å². The minimum absolute atomic E-state index is 0.218. The number of halogens is 2. The van der Waals surface area contributed by atoms with Gasteiger partial charge in [-0.05, 0) is 11.8 Å². The van der Waals surface area contributed by atoms with Gasteiger partial charge in [0.15, 0.2) is 0 Å². The molecule has 2 unspecified atom stereocenters. The Balaban J connectivity index is 2.51. The topological polar surface area (TPSA) is 26.3 Å². The zero-order valence-electron chi connectivity index (χ0n) is 7.09. The van der Waals surface area contributed by atoms with E-state index < -0.39 is 4.84 Å². The number of ether oxygens (including phenoxy) is 1. The Morgan fingerprint density at radius 3 is 2.33 bits per heavy atom. The predicted molar refractivity (Wildman–Crippen MR) is 48.3 cm³/mol. The maximum absolute atomic E-state index is 10.1. The minimum Gasteiger partial charge on any atom is -0.461 e. The van der Waals surface area contributed by atoms with Crippen molar-refractivity contribution in [2.24, 2.45) is 11.3 Å². The molecular weight excluding hydrogens is 199 g/mol. The Hall–Kier alpha value is 0.0500. The summed E-state index contributed by atoms with van der Waals surface area (Å²) in [6.07, 6.45) is 0.669. The third-order valence-corrected chi connectivity index (χ3v) is 2.94. The van der Waals surface area contributed by atoms with E-state index in [-0.39, 0.29) is 11.5 Å². The molecule has 0 aromatic carbocycles. The van der Waals surface area contributed by atoms with Gasteiger partial charge in [0.1, 0.15) is 10.9 Å². The van der Waals surface area contributed by atoms with E-state index in [4.69, 9.17) is 27.9 Å². The first-order chi connectivity index (χ1) is 5.49. The van der Waals surface area contributed by atoms with Crippen LogP contribution in [0.25, 0.3) is 0 Å². The van der Waals surface area contributed by atoms with Crippen LogP contribution in [0.5, 0.6) is 0 Å². The highest BCUT2D eigenvalue weighted by Crippen LogP contribution is 2.55. The molecular formula is C8H12Cl2O2. The molecule has 12 heavy (non-hydrogen) atoms. The molecule has 1 rings (SSSR count). The van der Waals surface area contributed by atoms with Crippen molar-refractivity contribution in [1.29, 1.82) is 0 Å². The maximum Gasteiger partial charge on any atom is 0.293 e. The van der Waals surface area contributed by atoms with Gasteiger partial charge in [0.2, 0.25) is 0 Å². The lowest BCUT2D eigenvalue weighted by Gasteiger charge is -2.17. The zero-order chi connectivity index (χ0) is 9.35. The fraction of sp³-hybridized carbons (Fsp3) is 0.875. The molecule has 0 radical (unpaired) electrons. The molecule has 0 heterocycles. The average Bonchev–Trinajstić information content (AvgIpc) is 2.54. The van der Waals surface area contributed by atoms with Gasteiger partial charge in [0, 0.05) is 5.92 Å². The molecule has 1 saturated carbocycles. The molecule has 1 fully saturated rings. The largest absolute Gasteiger partial charge is 0.461 e. The van der Waals surface area contributed by atoms with Crippen molar-refractivity contribution >= 4 is 29.7 Å². The van der Waals surface area contributed by atoms with Gasteiger partial charge in [0.25, 0.3) is 6.47 Å². The van der Waals surface area contributed by atoms with Gasteiger partial charge in [0.05, 0.1) is 0 Å². The van der Waals surface area contributed by atoms with Crippen LogP contribution in [-0.4, -0.2) is 17.4 Å². The molecule has 1 aliphatic carbocycles. The van der Waals surface area contributed by atoms with E-state index in [0.717, 1.165) is 6.42 Å². The summed E-state index contributed by atoms with van der Waals surface area (Å²) >= 11 is 11.3. The van der Waals surface area contributed by atoms with Gasteiger partial charge in [-0.3, -0.25) is 4.79 Å². The van der Waals surface area contributed by atoms with Crippen LogP contribution < -0.4 is 0 Å². The highest BCUT2D eigenvalue weighted by molar-refractivity contribution is 6.44. The lowest BCUT2D eigenvalue weighted by molar-refractivity contribution is -0.134. The van der Waals surface area contributed by atoms with Crippen LogP contribution in [0.4, 0.5) is 0 Å². The summed E-state index contributed by atoms with van der Waals surface area (Å²) in [5.74, 6) is 0.308. The second-order valence-corrected chi connectivity index (χ2v) is 4.99. The fourth-order valence-electron chi connectivity index (χ4n) is 1.46. The second-order valence-electron chi connectivity index (χ2n) is 3.83. The highest BCUT2D eigenvalue weighted by atomic mass is 35.5. The first-order valence-corrected chi connectivity index (χ1v) is 4.73. The number of carbonyl (C=O) groups is 1. The molecule has 4 heteroatoms. The van der Waals surface area contributed by atoms with Crippen LogP contribution in [0.15, 0.2) is 0 Å². The third-order valence-electron chi connectivity index (χ3n) is 2.45. The number of rotatable bonds is 4. The van der Waals surface area contributed by atoms with Gasteiger partial charge < -0.3 is 4.74 Å². The quantitative estimate of drug-likeness (QED) is 0.527. The Kier molecular flexibility index (Phi) is 2.89. The summed E-state index contributed by atoms with van der Waals surface area (Å²) in [5.41, 5.74) is 0.218. The molecule has 1 aliphatic rings. The van der Waals surface area contributed by atoms with Gasteiger partial charge in [-0.15, -0.1) is 23.2 Å². The first-order valence-electron chi connectivity index (χ1n) is 3.86. The Labute approximate surface area is 82.2 Å². The molecule has 0 aromatic rings. The molecule has 0 aromatic heterocycles. The van der Waals surface area contributed by atoms with E-state index in [0.29, 0.717) is 12.4 Å². The normalized spacial score (nSPS) is 28.2. The van der Waals surface area contributed by atoms with Crippen LogP contribution in [-0.2, 0) is 9.53 Å². The summed E-state index contributed by atoms with van der Waals surface area (Å²) in [6.45, 7) is 4.63. The summed E-state index contributed by atoms with van der Waals surface area (Å²) in [7, 11) is 0. The molecule has 0 aliphatic heterocycles. The summed E-state index contributed by atoms with van der Waals surface area (Å²) in [6, 6.07) is 0. The number of hydrogen-bond donors (Lipinski definition) is 0. The highest BCUT2D eigenvalue weighted by Gasteiger charge is 2.53. The Morgan fingerprint density at radius 2 is 2.08 bits per heavy atom. The molecule has 70 valence electrons. The summed E-state index contributed by atoms with van der Waals surface area (Å²) in [4.78, 5) is 9.50. The predicted octanol–water partition coefficient (Wildman–Crippen LogP) is 2.38. The van der Waals surface area contributed by atoms with Gasteiger partial charge in [-0.1, -0.05) is 13.8 Å². The van der Waals surface area contributed by atoms with E-state index in [1.54, 1.807) is 0 Å². The molecule has 0 saturated heterocycles. The van der Waals surface area contributed by atoms with Crippen molar-refractivity contribution < 1.29 is 9.53 Å². The van der Waals surface area contributed by atoms with E-state index >= 15 is 0 Å². The minimum atomic E-state index is -0.623. The fourth-order valence-corrected chi connectivity index (χ4v) is 1.93. The van der Waals surface area contributed by atoms with Crippen molar-refractivity contribution in [1.82, 2.24) is 0 Å². The second kappa shape index (κ2) is 3.43. The molecule has 0 N–H and O–H groups in total. The van der Waals surface area contributed by atoms with Crippen molar-refractivity contribution in [3.05, 3.63) is 0 Å². The van der Waals surface area contributed by atoms with Crippen molar-refractivity contribution in [2.45, 2.75) is 31.2 Å². The molecule has 0 bridgehead atoms. The average molecular weight is 211 g/mol. The first kappa shape index (κ1) is 10.1. The van der Waals surface area contributed by atoms with E-state index in [9.17, 15) is 4.79 Å². The van der Waals surface area contributed by atoms with Gasteiger partial charge >= 0.3 is 0 Å². The van der Waals surface area contributed by atoms with Crippen molar-refractivity contribution in [2.75, 3.05) is 0 Å². The van der Waals surface area contributed by atoms with Crippen molar-refractivity contribution in [3.8, 4) is 0 Å².